The fraction of sp³-hybridized carbons (Fsp3) is 0.895. The first-order valence-electron chi connectivity index (χ1n) is 9.79. The summed E-state index contributed by atoms with van der Waals surface area (Å²) in [6.45, 7) is 1.38. The molecule has 0 aromatic carbocycles. The normalized spacial score (nSPS) is 39.8. The maximum absolute atomic E-state index is 12.4. The van der Waals surface area contributed by atoms with Crippen molar-refractivity contribution >= 4 is 11.8 Å². The van der Waals surface area contributed by atoms with Crippen LogP contribution >= 0.6 is 0 Å². The lowest BCUT2D eigenvalue weighted by Crippen LogP contribution is -2.59. The minimum atomic E-state index is -0.0360. The molecule has 5 heteroatoms. The number of hydrogen-bond acceptors (Lipinski definition) is 3. The van der Waals surface area contributed by atoms with Gasteiger partial charge in [0.25, 0.3) is 0 Å². The molecule has 2 amide bonds. The first kappa shape index (κ1) is 16.4. The summed E-state index contributed by atoms with van der Waals surface area (Å²) in [5.41, 5.74) is 0.0556. The molecule has 24 heavy (non-hydrogen) atoms. The largest absolute Gasteiger partial charge is 0.376 e. The molecule has 1 heterocycles. The van der Waals surface area contributed by atoms with E-state index in [0.29, 0.717) is 13.0 Å². The maximum atomic E-state index is 12.4. The zero-order chi connectivity index (χ0) is 16.6. The summed E-state index contributed by atoms with van der Waals surface area (Å²) < 4.78 is 5.49. The summed E-state index contributed by atoms with van der Waals surface area (Å²) in [6, 6.07) is 0. The van der Waals surface area contributed by atoms with Crippen LogP contribution in [0.2, 0.25) is 0 Å². The molecule has 5 aliphatic rings. The Bertz CT molecular complexity index is 464. The molecule has 1 aliphatic heterocycles. The summed E-state index contributed by atoms with van der Waals surface area (Å²) in [5, 5.41) is 6.23. The molecule has 2 N–H and O–H groups in total. The lowest BCUT2D eigenvalue weighted by atomic mass is 9.53. The molecular weight excluding hydrogens is 304 g/mol. The molecule has 5 fully saturated rings. The van der Waals surface area contributed by atoms with Crippen LogP contribution in [0.15, 0.2) is 0 Å². The van der Waals surface area contributed by atoms with Crippen LogP contribution in [0.3, 0.4) is 0 Å². The van der Waals surface area contributed by atoms with Crippen molar-refractivity contribution in [2.24, 2.45) is 17.8 Å². The number of carbonyl (C=O) groups is 2. The highest BCUT2D eigenvalue weighted by atomic mass is 16.5. The summed E-state index contributed by atoms with van der Waals surface area (Å²) in [6.07, 6.45) is 10.5. The SMILES string of the molecule is O=C(CCC(=O)NC12CC3CC(CC(C3)C1)C2)NCC1CCCO1. The van der Waals surface area contributed by atoms with Gasteiger partial charge in [-0.15, -0.1) is 0 Å². The highest BCUT2D eigenvalue weighted by molar-refractivity contribution is 5.84. The van der Waals surface area contributed by atoms with E-state index in [1.54, 1.807) is 0 Å². The Morgan fingerprint density at radius 1 is 0.958 bits per heavy atom. The standard InChI is InChI=1S/C19H30N2O3/c22-17(20-12-16-2-1-5-24-16)3-4-18(23)21-19-9-13-6-14(10-19)8-15(7-13)11-19/h13-16H,1-12H2,(H,20,22)(H,21,23). The van der Waals surface area contributed by atoms with Crippen LogP contribution in [0.1, 0.15) is 64.2 Å². The Labute approximate surface area is 144 Å². The van der Waals surface area contributed by atoms with E-state index in [2.05, 4.69) is 10.6 Å². The van der Waals surface area contributed by atoms with E-state index in [0.717, 1.165) is 56.5 Å². The molecule has 0 aromatic rings. The number of rotatable bonds is 6. The molecule has 0 spiro atoms. The first-order chi connectivity index (χ1) is 11.6. The van der Waals surface area contributed by atoms with Crippen molar-refractivity contribution in [3.05, 3.63) is 0 Å². The molecule has 4 aliphatic carbocycles. The van der Waals surface area contributed by atoms with Crippen LogP contribution in [-0.2, 0) is 14.3 Å². The van der Waals surface area contributed by atoms with Crippen molar-refractivity contribution in [1.29, 1.82) is 0 Å². The molecule has 5 nitrogen and oxygen atoms in total. The quantitative estimate of drug-likeness (QED) is 0.782. The Hall–Kier alpha value is -1.10. The van der Waals surface area contributed by atoms with E-state index in [4.69, 9.17) is 4.74 Å². The maximum Gasteiger partial charge on any atom is 0.220 e. The molecule has 1 atom stereocenters. The van der Waals surface area contributed by atoms with Crippen LogP contribution in [0, 0.1) is 17.8 Å². The van der Waals surface area contributed by atoms with Gasteiger partial charge in [-0.1, -0.05) is 0 Å². The smallest absolute Gasteiger partial charge is 0.220 e. The van der Waals surface area contributed by atoms with Crippen LogP contribution in [-0.4, -0.2) is 36.6 Å². The molecule has 0 aromatic heterocycles. The topological polar surface area (TPSA) is 67.4 Å². The lowest BCUT2D eigenvalue weighted by molar-refractivity contribution is -0.130. The van der Waals surface area contributed by atoms with Gasteiger partial charge in [-0.05, 0) is 69.1 Å². The van der Waals surface area contributed by atoms with Gasteiger partial charge < -0.3 is 15.4 Å². The third-order valence-electron chi connectivity index (χ3n) is 6.57. The summed E-state index contributed by atoms with van der Waals surface area (Å²) in [7, 11) is 0. The van der Waals surface area contributed by atoms with Gasteiger partial charge >= 0.3 is 0 Å². The van der Waals surface area contributed by atoms with E-state index in [-0.39, 0.29) is 29.9 Å². The van der Waals surface area contributed by atoms with Gasteiger partial charge in [-0.25, -0.2) is 0 Å². The van der Waals surface area contributed by atoms with E-state index >= 15 is 0 Å². The molecule has 0 radical (unpaired) electrons. The van der Waals surface area contributed by atoms with Crippen molar-refractivity contribution in [3.8, 4) is 0 Å². The van der Waals surface area contributed by atoms with Crippen molar-refractivity contribution in [2.45, 2.75) is 75.9 Å². The van der Waals surface area contributed by atoms with Gasteiger partial charge in [0.05, 0.1) is 6.10 Å². The number of nitrogens with one attached hydrogen (secondary N) is 2. The van der Waals surface area contributed by atoms with Crippen LogP contribution in [0.25, 0.3) is 0 Å². The Morgan fingerprint density at radius 3 is 2.17 bits per heavy atom. The average Bonchev–Trinajstić information content (AvgIpc) is 3.02. The third kappa shape index (κ3) is 3.61. The zero-order valence-electron chi connectivity index (χ0n) is 14.5. The predicted octanol–water partition coefficient (Wildman–Crippen LogP) is 2.15. The number of amides is 2. The van der Waals surface area contributed by atoms with Gasteiger partial charge in [0, 0.05) is 31.5 Å². The number of hydrogen-bond donors (Lipinski definition) is 2. The highest BCUT2D eigenvalue weighted by Gasteiger charge is 2.51. The van der Waals surface area contributed by atoms with Crippen molar-refractivity contribution in [3.63, 3.8) is 0 Å². The van der Waals surface area contributed by atoms with Gasteiger partial charge in [-0.2, -0.15) is 0 Å². The molecule has 4 saturated carbocycles. The Balaban J connectivity index is 1.20. The fourth-order valence-corrected chi connectivity index (χ4v) is 5.97. The van der Waals surface area contributed by atoms with Crippen molar-refractivity contribution in [2.75, 3.05) is 13.2 Å². The van der Waals surface area contributed by atoms with E-state index in [1.165, 1.54) is 19.3 Å². The van der Waals surface area contributed by atoms with Gasteiger partial charge in [0.1, 0.15) is 0 Å². The second-order valence-corrected chi connectivity index (χ2v) is 8.69. The minimum Gasteiger partial charge on any atom is -0.376 e. The zero-order valence-corrected chi connectivity index (χ0v) is 14.5. The highest BCUT2D eigenvalue weighted by Crippen LogP contribution is 2.55. The van der Waals surface area contributed by atoms with Gasteiger partial charge in [-0.3, -0.25) is 9.59 Å². The lowest BCUT2D eigenvalue weighted by Gasteiger charge is -2.56. The molecule has 5 rings (SSSR count). The van der Waals surface area contributed by atoms with Crippen molar-refractivity contribution < 1.29 is 14.3 Å². The molecular formula is C19H30N2O3. The summed E-state index contributed by atoms with van der Waals surface area (Å²) in [5.74, 6) is 2.50. The average molecular weight is 334 g/mol. The summed E-state index contributed by atoms with van der Waals surface area (Å²) in [4.78, 5) is 24.3. The van der Waals surface area contributed by atoms with E-state index in [9.17, 15) is 9.59 Å². The van der Waals surface area contributed by atoms with E-state index < -0.39 is 0 Å². The Kier molecular flexibility index (Phi) is 4.54. The van der Waals surface area contributed by atoms with E-state index in [1.807, 2.05) is 0 Å². The van der Waals surface area contributed by atoms with Crippen LogP contribution in [0.4, 0.5) is 0 Å². The van der Waals surface area contributed by atoms with Gasteiger partial charge in [0.2, 0.25) is 11.8 Å². The first-order valence-corrected chi connectivity index (χ1v) is 9.79. The second-order valence-electron chi connectivity index (χ2n) is 8.69. The Morgan fingerprint density at radius 2 is 1.58 bits per heavy atom. The van der Waals surface area contributed by atoms with Crippen LogP contribution in [0.5, 0.6) is 0 Å². The molecule has 1 saturated heterocycles. The fourth-order valence-electron chi connectivity index (χ4n) is 5.97. The molecule has 1 unspecified atom stereocenters. The third-order valence-corrected chi connectivity index (χ3v) is 6.57. The monoisotopic (exact) mass is 334 g/mol. The number of ether oxygens (including phenoxy) is 1. The van der Waals surface area contributed by atoms with Crippen molar-refractivity contribution in [1.82, 2.24) is 10.6 Å². The van der Waals surface area contributed by atoms with Crippen LogP contribution < -0.4 is 10.6 Å². The number of carbonyl (C=O) groups excluding carboxylic acids is 2. The predicted molar refractivity (Wildman–Crippen MR) is 90.3 cm³/mol. The second kappa shape index (κ2) is 6.66. The molecule has 134 valence electrons. The van der Waals surface area contributed by atoms with Gasteiger partial charge in [0.15, 0.2) is 0 Å². The minimum absolute atomic E-state index is 0.0360. The molecule has 4 bridgehead atoms. The summed E-state index contributed by atoms with van der Waals surface area (Å²) >= 11 is 0.